The molecule has 3 heteroatoms. The molecule has 0 atom stereocenters. The first-order valence-corrected chi connectivity index (χ1v) is 5.11. The summed E-state index contributed by atoms with van der Waals surface area (Å²) >= 11 is 0. The highest BCUT2D eigenvalue weighted by Gasteiger charge is 2.04. The van der Waals surface area contributed by atoms with Crippen LogP contribution in [0, 0.1) is 6.92 Å². The lowest BCUT2D eigenvalue weighted by Gasteiger charge is -2.11. The first-order valence-electron chi connectivity index (χ1n) is 5.11. The Bertz CT molecular complexity index is 300. The minimum Gasteiger partial charge on any atom is -0.496 e. The Balaban J connectivity index is 2.56. The molecule has 0 aliphatic rings. The third kappa shape index (κ3) is 3.53. The van der Waals surface area contributed by atoms with Crippen molar-refractivity contribution < 1.29 is 9.47 Å². The standard InChI is InChI=1S/C12H19NO2/c1-10-5-4-6-11(12(10)15-3)9-13-7-8-14-2/h4-6,13H,7-9H2,1-3H3. The van der Waals surface area contributed by atoms with Crippen LogP contribution in [0.5, 0.6) is 5.75 Å². The molecule has 1 aromatic carbocycles. The molecule has 1 rings (SSSR count). The highest BCUT2D eigenvalue weighted by Crippen LogP contribution is 2.22. The van der Waals surface area contributed by atoms with Gasteiger partial charge in [0.05, 0.1) is 13.7 Å². The van der Waals surface area contributed by atoms with Crippen LogP contribution in [-0.2, 0) is 11.3 Å². The van der Waals surface area contributed by atoms with Gasteiger partial charge in [0.15, 0.2) is 0 Å². The molecule has 15 heavy (non-hydrogen) atoms. The van der Waals surface area contributed by atoms with Crippen LogP contribution in [0.1, 0.15) is 11.1 Å². The summed E-state index contributed by atoms with van der Waals surface area (Å²) in [5.41, 5.74) is 2.36. The number of aryl methyl sites for hydroxylation is 1. The highest BCUT2D eigenvalue weighted by atomic mass is 16.5. The van der Waals surface area contributed by atoms with Crippen LogP contribution in [0.4, 0.5) is 0 Å². The minimum absolute atomic E-state index is 0.730. The lowest BCUT2D eigenvalue weighted by molar-refractivity contribution is 0.199. The fraction of sp³-hybridized carbons (Fsp3) is 0.500. The Hall–Kier alpha value is -1.06. The molecular weight excluding hydrogens is 190 g/mol. The molecule has 1 N–H and O–H groups in total. The van der Waals surface area contributed by atoms with Crippen LogP contribution in [0.2, 0.25) is 0 Å². The maximum Gasteiger partial charge on any atom is 0.126 e. The van der Waals surface area contributed by atoms with Crippen molar-refractivity contribution in [1.82, 2.24) is 5.32 Å². The van der Waals surface area contributed by atoms with Crippen molar-refractivity contribution in [1.29, 1.82) is 0 Å². The number of hydrogen-bond donors (Lipinski definition) is 1. The van der Waals surface area contributed by atoms with Gasteiger partial charge in [-0.2, -0.15) is 0 Å². The maximum atomic E-state index is 5.36. The van der Waals surface area contributed by atoms with Crippen LogP contribution in [-0.4, -0.2) is 27.4 Å². The van der Waals surface area contributed by atoms with Crippen LogP contribution >= 0.6 is 0 Å². The van der Waals surface area contributed by atoms with Gasteiger partial charge in [0, 0.05) is 25.8 Å². The van der Waals surface area contributed by atoms with Gasteiger partial charge in [0.2, 0.25) is 0 Å². The van der Waals surface area contributed by atoms with Gasteiger partial charge in [0.1, 0.15) is 5.75 Å². The van der Waals surface area contributed by atoms with Gasteiger partial charge >= 0.3 is 0 Å². The van der Waals surface area contributed by atoms with Crippen molar-refractivity contribution in [3.8, 4) is 5.75 Å². The molecule has 3 nitrogen and oxygen atoms in total. The second-order valence-corrected chi connectivity index (χ2v) is 3.44. The summed E-state index contributed by atoms with van der Waals surface area (Å²) in [5.74, 6) is 0.974. The van der Waals surface area contributed by atoms with Crippen molar-refractivity contribution in [2.24, 2.45) is 0 Å². The molecule has 0 heterocycles. The van der Waals surface area contributed by atoms with Crippen molar-refractivity contribution in [2.75, 3.05) is 27.4 Å². The molecule has 0 aliphatic carbocycles. The van der Waals surface area contributed by atoms with E-state index in [4.69, 9.17) is 9.47 Å². The minimum atomic E-state index is 0.730. The van der Waals surface area contributed by atoms with Crippen molar-refractivity contribution in [3.63, 3.8) is 0 Å². The van der Waals surface area contributed by atoms with E-state index < -0.39 is 0 Å². The number of ether oxygens (including phenoxy) is 2. The Morgan fingerprint density at radius 2 is 2.07 bits per heavy atom. The van der Waals surface area contributed by atoms with Gasteiger partial charge in [-0.25, -0.2) is 0 Å². The Morgan fingerprint density at radius 1 is 1.27 bits per heavy atom. The van der Waals surface area contributed by atoms with Gasteiger partial charge in [-0.15, -0.1) is 0 Å². The summed E-state index contributed by atoms with van der Waals surface area (Å²) in [6, 6.07) is 6.17. The second-order valence-electron chi connectivity index (χ2n) is 3.44. The van der Waals surface area contributed by atoms with Gasteiger partial charge in [0.25, 0.3) is 0 Å². The van der Waals surface area contributed by atoms with E-state index in [2.05, 4.69) is 24.4 Å². The number of nitrogens with one attached hydrogen (secondary N) is 1. The van der Waals surface area contributed by atoms with Crippen molar-refractivity contribution >= 4 is 0 Å². The summed E-state index contributed by atoms with van der Waals surface area (Å²) in [6.45, 7) is 4.45. The van der Waals surface area contributed by atoms with Gasteiger partial charge in [-0.3, -0.25) is 0 Å². The maximum absolute atomic E-state index is 5.36. The van der Waals surface area contributed by atoms with Gasteiger partial charge in [-0.05, 0) is 12.5 Å². The zero-order chi connectivity index (χ0) is 11.1. The predicted octanol–water partition coefficient (Wildman–Crippen LogP) is 1.74. The predicted molar refractivity (Wildman–Crippen MR) is 61.3 cm³/mol. The van der Waals surface area contributed by atoms with Crippen LogP contribution in [0.3, 0.4) is 0 Å². The lowest BCUT2D eigenvalue weighted by atomic mass is 10.1. The first-order chi connectivity index (χ1) is 7.29. The summed E-state index contributed by atoms with van der Waals surface area (Å²) in [6.07, 6.45) is 0. The Kier molecular flexibility index (Phi) is 5.15. The Morgan fingerprint density at radius 3 is 2.73 bits per heavy atom. The third-order valence-corrected chi connectivity index (χ3v) is 2.30. The van der Waals surface area contributed by atoms with Crippen molar-refractivity contribution in [2.45, 2.75) is 13.5 Å². The summed E-state index contributed by atoms with van der Waals surface area (Å²) in [7, 11) is 3.41. The summed E-state index contributed by atoms with van der Waals surface area (Å²) in [4.78, 5) is 0. The number of hydrogen-bond acceptors (Lipinski definition) is 3. The molecule has 84 valence electrons. The quantitative estimate of drug-likeness (QED) is 0.724. The van der Waals surface area contributed by atoms with Crippen molar-refractivity contribution in [3.05, 3.63) is 29.3 Å². The molecule has 0 amide bonds. The van der Waals surface area contributed by atoms with E-state index in [1.807, 2.05) is 6.07 Å². The third-order valence-electron chi connectivity index (χ3n) is 2.30. The SMILES string of the molecule is COCCNCc1cccc(C)c1OC. The first kappa shape index (κ1) is 12.0. The monoisotopic (exact) mass is 209 g/mol. The van der Waals surface area contributed by atoms with E-state index in [-0.39, 0.29) is 0 Å². The van der Waals surface area contributed by atoms with E-state index in [9.17, 15) is 0 Å². The molecule has 0 fully saturated rings. The molecule has 0 unspecified atom stereocenters. The zero-order valence-electron chi connectivity index (χ0n) is 9.67. The average Bonchev–Trinajstić information content (AvgIpc) is 2.24. The van der Waals surface area contributed by atoms with Crippen LogP contribution < -0.4 is 10.1 Å². The largest absolute Gasteiger partial charge is 0.496 e. The summed E-state index contributed by atoms with van der Waals surface area (Å²) < 4.78 is 10.3. The van der Waals surface area contributed by atoms with E-state index in [1.54, 1.807) is 14.2 Å². The number of rotatable bonds is 6. The molecule has 0 saturated carbocycles. The molecule has 1 aromatic rings. The molecule has 0 bridgehead atoms. The molecule has 0 aliphatic heterocycles. The number of para-hydroxylation sites is 1. The topological polar surface area (TPSA) is 30.5 Å². The molecular formula is C12H19NO2. The molecule has 0 aromatic heterocycles. The van der Waals surface area contributed by atoms with Gasteiger partial charge in [-0.1, -0.05) is 18.2 Å². The lowest BCUT2D eigenvalue weighted by Crippen LogP contribution is -2.19. The van der Waals surface area contributed by atoms with E-state index >= 15 is 0 Å². The summed E-state index contributed by atoms with van der Waals surface area (Å²) in [5, 5.41) is 3.30. The second kappa shape index (κ2) is 6.43. The Labute approximate surface area is 91.4 Å². The van der Waals surface area contributed by atoms with Crippen LogP contribution in [0.25, 0.3) is 0 Å². The van der Waals surface area contributed by atoms with Gasteiger partial charge < -0.3 is 14.8 Å². The molecule has 0 saturated heterocycles. The van der Waals surface area contributed by atoms with E-state index in [0.717, 1.165) is 25.4 Å². The smallest absolute Gasteiger partial charge is 0.126 e. The normalized spacial score (nSPS) is 10.3. The fourth-order valence-corrected chi connectivity index (χ4v) is 1.54. The molecule has 0 radical (unpaired) electrons. The van der Waals surface area contributed by atoms with Crippen LogP contribution in [0.15, 0.2) is 18.2 Å². The number of methoxy groups -OCH3 is 2. The zero-order valence-corrected chi connectivity index (χ0v) is 9.67. The fourth-order valence-electron chi connectivity index (χ4n) is 1.54. The van der Waals surface area contributed by atoms with E-state index in [1.165, 1.54) is 11.1 Å². The van der Waals surface area contributed by atoms with E-state index in [0.29, 0.717) is 0 Å². The highest BCUT2D eigenvalue weighted by molar-refractivity contribution is 5.40. The number of benzene rings is 1. The molecule has 0 spiro atoms. The average molecular weight is 209 g/mol.